The van der Waals surface area contributed by atoms with Crippen LogP contribution in [0.25, 0.3) is 22.0 Å². The van der Waals surface area contributed by atoms with E-state index >= 15 is 0 Å². The van der Waals surface area contributed by atoms with Gasteiger partial charge in [0, 0.05) is 29.1 Å². The van der Waals surface area contributed by atoms with Crippen molar-refractivity contribution in [1.82, 2.24) is 14.7 Å². The van der Waals surface area contributed by atoms with Crippen molar-refractivity contribution >= 4 is 46.4 Å². The highest BCUT2D eigenvalue weighted by molar-refractivity contribution is 6.33. The molecule has 3 aromatic rings. The van der Waals surface area contributed by atoms with Gasteiger partial charge >= 0.3 is 12.2 Å². The lowest BCUT2D eigenvalue weighted by atomic mass is 9.97. The minimum atomic E-state index is -0.653. The third-order valence-electron chi connectivity index (χ3n) is 7.10. The summed E-state index contributed by atoms with van der Waals surface area (Å²) in [6.07, 6.45) is 1.76. The summed E-state index contributed by atoms with van der Waals surface area (Å²) in [6.45, 7) is 10.6. The maximum Gasteiger partial charge on any atom is 0.435 e. The maximum atomic E-state index is 13.5. The lowest BCUT2D eigenvalue weighted by Crippen LogP contribution is -2.45. The molecule has 10 nitrogen and oxygen atoms in total. The second kappa shape index (κ2) is 13.5. The number of fused-ring (bicyclic) bond motifs is 1. The van der Waals surface area contributed by atoms with Crippen LogP contribution in [0.2, 0.25) is 5.02 Å². The molecule has 2 heterocycles. The summed E-state index contributed by atoms with van der Waals surface area (Å²) in [5, 5.41) is 17.7. The molecule has 1 fully saturated rings. The summed E-state index contributed by atoms with van der Waals surface area (Å²) in [5.41, 5.74) is 1.56. The Morgan fingerprint density at radius 2 is 1.93 bits per heavy atom. The number of carbonyl (C=O) groups excluding carboxylic acids is 3. The Labute approximate surface area is 256 Å². The number of piperidine rings is 1. The van der Waals surface area contributed by atoms with Gasteiger partial charge in [0.2, 0.25) is 5.91 Å². The van der Waals surface area contributed by atoms with Crippen LogP contribution in [0.4, 0.5) is 15.4 Å². The molecule has 0 bridgehead atoms. The first-order valence-corrected chi connectivity index (χ1v) is 14.9. The lowest BCUT2D eigenvalue weighted by molar-refractivity contribution is -0.121. The third-order valence-corrected chi connectivity index (χ3v) is 7.43. The molecule has 1 saturated heterocycles. The SMILES string of the molecule is CC(C)CCCOC(=O)n1nc(NC(=O)[C@@H]2CCCN(C(=O)OC(C)(C)C)C2)c2cc(-c3cc(C#N)ccc3Cl)ccc21. The third kappa shape index (κ3) is 8.05. The number of hydrogen-bond donors (Lipinski definition) is 1. The van der Waals surface area contributed by atoms with Crippen molar-refractivity contribution in [3.05, 3.63) is 47.0 Å². The standard InChI is InChI=1S/C32H38ClN5O5/c1-20(2)8-7-15-42-31(41)38-27-13-11-22(24-16-21(18-34)10-12-26(24)33)17-25(27)28(36-38)35-29(39)23-9-6-14-37(19-23)30(40)43-32(3,4)5/h10-13,16-17,20,23H,6-9,14-15,19H2,1-5H3,(H,35,36,39)/t23-/m1/s1. The highest BCUT2D eigenvalue weighted by atomic mass is 35.5. The van der Waals surface area contributed by atoms with Crippen LogP contribution in [0, 0.1) is 23.2 Å². The van der Waals surface area contributed by atoms with E-state index in [-0.39, 0.29) is 24.9 Å². The smallest absolute Gasteiger partial charge is 0.435 e. The Morgan fingerprint density at radius 3 is 2.63 bits per heavy atom. The first-order chi connectivity index (χ1) is 20.4. The van der Waals surface area contributed by atoms with Crippen molar-refractivity contribution in [2.75, 3.05) is 25.0 Å². The number of benzene rings is 2. The average Bonchev–Trinajstić information content (AvgIpc) is 3.32. The van der Waals surface area contributed by atoms with E-state index in [4.69, 9.17) is 21.1 Å². The van der Waals surface area contributed by atoms with Crippen molar-refractivity contribution < 1.29 is 23.9 Å². The Balaban J connectivity index is 1.64. The van der Waals surface area contributed by atoms with Gasteiger partial charge in [-0.15, -0.1) is 5.10 Å². The van der Waals surface area contributed by atoms with Gasteiger partial charge in [-0.1, -0.05) is 31.5 Å². The van der Waals surface area contributed by atoms with Crippen LogP contribution < -0.4 is 5.32 Å². The van der Waals surface area contributed by atoms with Crippen molar-refractivity contribution in [3.63, 3.8) is 0 Å². The monoisotopic (exact) mass is 607 g/mol. The fraction of sp³-hybridized carbons (Fsp3) is 0.469. The molecule has 2 amide bonds. The van der Waals surface area contributed by atoms with E-state index < -0.39 is 23.7 Å². The first kappa shape index (κ1) is 31.8. The second-order valence-electron chi connectivity index (χ2n) is 12.2. The molecule has 0 spiro atoms. The quantitative estimate of drug-likeness (QED) is 0.281. The molecule has 0 unspecified atom stereocenters. The molecule has 43 heavy (non-hydrogen) atoms. The Kier molecular flexibility index (Phi) is 9.97. The van der Waals surface area contributed by atoms with Crippen LogP contribution in [0.5, 0.6) is 0 Å². The minimum absolute atomic E-state index is 0.183. The second-order valence-corrected chi connectivity index (χ2v) is 12.6. The normalized spacial score (nSPS) is 15.3. The molecule has 0 radical (unpaired) electrons. The fourth-order valence-electron chi connectivity index (χ4n) is 4.95. The Morgan fingerprint density at radius 1 is 1.16 bits per heavy atom. The summed E-state index contributed by atoms with van der Waals surface area (Å²) in [5.74, 6) is -0.140. The number of carbonyl (C=O) groups is 3. The number of ether oxygens (including phenoxy) is 2. The van der Waals surface area contributed by atoms with E-state index in [1.54, 1.807) is 62.1 Å². The number of nitrogens with zero attached hydrogens (tertiary/aromatic N) is 4. The van der Waals surface area contributed by atoms with E-state index in [0.717, 1.165) is 17.5 Å². The van der Waals surface area contributed by atoms with Crippen LogP contribution in [-0.4, -0.2) is 58.1 Å². The number of halogens is 1. The number of nitriles is 1. The molecule has 1 aliphatic heterocycles. The molecule has 1 N–H and O–H groups in total. The van der Waals surface area contributed by atoms with Crippen molar-refractivity contribution in [3.8, 4) is 17.2 Å². The zero-order valence-electron chi connectivity index (χ0n) is 25.3. The Bertz CT molecular complexity index is 1550. The average molecular weight is 608 g/mol. The summed E-state index contributed by atoms with van der Waals surface area (Å²) in [4.78, 5) is 40.8. The Hall–Kier alpha value is -4.10. The summed E-state index contributed by atoms with van der Waals surface area (Å²) in [7, 11) is 0. The predicted molar refractivity (Wildman–Crippen MR) is 165 cm³/mol. The molecule has 0 saturated carbocycles. The molecular formula is C32H38ClN5O5. The van der Waals surface area contributed by atoms with Gasteiger partial charge in [0.15, 0.2) is 5.82 Å². The minimum Gasteiger partial charge on any atom is -0.448 e. The van der Waals surface area contributed by atoms with Crippen molar-refractivity contribution in [2.24, 2.45) is 11.8 Å². The van der Waals surface area contributed by atoms with Crippen LogP contribution in [0.15, 0.2) is 36.4 Å². The van der Waals surface area contributed by atoms with Crippen LogP contribution in [0.1, 0.15) is 65.9 Å². The zero-order valence-corrected chi connectivity index (χ0v) is 26.0. The molecule has 4 rings (SSSR count). The number of hydrogen-bond acceptors (Lipinski definition) is 7. The van der Waals surface area contributed by atoms with E-state index in [1.807, 2.05) is 0 Å². The summed E-state index contributed by atoms with van der Waals surface area (Å²) in [6, 6.07) is 12.4. The molecule has 1 atom stereocenters. The van der Waals surface area contributed by atoms with E-state index in [9.17, 15) is 19.6 Å². The lowest BCUT2D eigenvalue weighted by Gasteiger charge is -2.33. The van der Waals surface area contributed by atoms with E-state index in [0.29, 0.717) is 57.9 Å². The van der Waals surface area contributed by atoms with Gasteiger partial charge in [-0.3, -0.25) is 4.79 Å². The van der Waals surface area contributed by atoms with Crippen molar-refractivity contribution in [2.45, 2.75) is 65.9 Å². The summed E-state index contributed by atoms with van der Waals surface area (Å²) < 4.78 is 12.1. The van der Waals surface area contributed by atoms with Gasteiger partial charge in [-0.2, -0.15) is 9.94 Å². The fourth-order valence-corrected chi connectivity index (χ4v) is 5.17. The van der Waals surface area contributed by atoms with E-state index in [1.165, 1.54) is 0 Å². The molecule has 0 aliphatic carbocycles. The zero-order chi connectivity index (χ0) is 31.3. The molecule has 1 aromatic heterocycles. The topological polar surface area (TPSA) is 127 Å². The van der Waals surface area contributed by atoms with Gasteiger partial charge in [0.05, 0.1) is 29.7 Å². The van der Waals surface area contributed by atoms with E-state index in [2.05, 4.69) is 30.3 Å². The first-order valence-electron chi connectivity index (χ1n) is 14.5. The highest BCUT2D eigenvalue weighted by Gasteiger charge is 2.32. The molecule has 228 valence electrons. The number of likely N-dealkylation sites (tertiary alicyclic amines) is 1. The maximum absolute atomic E-state index is 13.5. The number of anilines is 1. The summed E-state index contributed by atoms with van der Waals surface area (Å²) >= 11 is 6.48. The van der Waals surface area contributed by atoms with Gasteiger partial charge < -0.3 is 19.7 Å². The highest BCUT2D eigenvalue weighted by Crippen LogP contribution is 2.34. The molecule has 2 aromatic carbocycles. The number of rotatable bonds is 7. The molecule has 1 aliphatic rings. The van der Waals surface area contributed by atoms with Gasteiger partial charge in [-0.25, -0.2) is 9.59 Å². The van der Waals surface area contributed by atoms with Gasteiger partial charge in [0.25, 0.3) is 0 Å². The predicted octanol–water partition coefficient (Wildman–Crippen LogP) is 7.23. The largest absolute Gasteiger partial charge is 0.448 e. The van der Waals surface area contributed by atoms with Crippen LogP contribution in [0.3, 0.4) is 0 Å². The number of aromatic nitrogens is 2. The molecular weight excluding hydrogens is 570 g/mol. The number of nitrogens with one attached hydrogen (secondary N) is 1. The van der Waals surface area contributed by atoms with Crippen LogP contribution in [-0.2, 0) is 14.3 Å². The number of amides is 2. The van der Waals surface area contributed by atoms with Crippen LogP contribution >= 0.6 is 11.6 Å². The van der Waals surface area contributed by atoms with Gasteiger partial charge in [0.1, 0.15) is 5.60 Å². The van der Waals surface area contributed by atoms with Crippen molar-refractivity contribution in [1.29, 1.82) is 5.26 Å². The van der Waals surface area contributed by atoms with Gasteiger partial charge in [-0.05, 0) is 88.3 Å². The molecule has 11 heteroatoms.